The van der Waals surface area contributed by atoms with Gasteiger partial charge in [0, 0.05) is 30.9 Å². The van der Waals surface area contributed by atoms with Crippen LogP contribution < -0.4 is 21.7 Å². The summed E-state index contributed by atoms with van der Waals surface area (Å²) in [7, 11) is 1.55. The van der Waals surface area contributed by atoms with Gasteiger partial charge in [0.2, 0.25) is 5.91 Å². The van der Waals surface area contributed by atoms with Gasteiger partial charge in [0.25, 0.3) is 0 Å². The molecule has 0 aromatic heterocycles. The number of carbonyl (C=O) groups is 2. The third-order valence-electron chi connectivity index (χ3n) is 3.80. The van der Waals surface area contributed by atoms with Gasteiger partial charge in [0.15, 0.2) is 0 Å². The second-order valence-corrected chi connectivity index (χ2v) is 5.39. The lowest BCUT2D eigenvalue weighted by atomic mass is 10.00. The van der Waals surface area contributed by atoms with Crippen molar-refractivity contribution in [3.05, 3.63) is 24.3 Å². The summed E-state index contributed by atoms with van der Waals surface area (Å²) in [6, 6.07) is 6.90. The average Bonchev–Trinajstić information content (AvgIpc) is 2.84. The van der Waals surface area contributed by atoms with Crippen molar-refractivity contribution < 1.29 is 9.59 Å². The summed E-state index contributed by atoms with van der Waals surface area (Å²) >= 11 is 0. The summed E-state index contributed by atoms with van der Waals surface area (Å²) in [5.41, 5.74) is 7.28. The number of rotatable bonds is 4. The molecule has 2 atom stereocenters. The van der Waals surface area contributed by atoms with Crippen LogP contribution in [0.1, 0.15) is 25.7 Å². The molecule has 0 unspecified atom stereocenters. The Balaban J connectivity index is 1.91. The lowest BCUT2D eigenvalue weighted by molar-refractivity contribution is -0.117. The van der Waals surface area contributed by atoms with Crippen LogP contribution >= 0.6 is 0 Å². The quantitative estimate of drug-likeness (QED) is 0.682. The Bertz CT molecular complexity index is 518. The number of amides is 3. The second-order valence-electron chi connectivity index (χ2n) is 5.39. The van der Waals surface area contributed by atoms with Gasteiger partial charge in [0.05, 0.1) is 0 Å². The third-order valence-corrected chi connectivity index (χ3v) is 3.80. The maximum Gasteiger partial charge on any atom is 0.318 e. The van der Waals surface area contributed by atoms with E-state index in [4.69, 9.17) is 5.73 Å². The molecule has 21 heavy (non-hydrogen) atoms. The van der Waals surface area contributed by atoms with E-state index in [0.29, 0.717) is 17.8 Å². The second kappa shape index (κ2) is 7.08. The highest BCUT2D eigenvalue weighted by Gasteiger charge is 2.25. The minimum absolute atomic E-state index is 0.0329. The molecule has 1 saturated carbocycles. The first-order valence-corrected chi connectivity index (χ1v) is 7.22. The number of anilines is 2. The van der Waals surface area contributed by atoms with Gasteiger partial charge < -0.3 is 21.7 Å². The van der Waals surface area contributed by atoms with E-state index in [-0.39, 0.29) is 23.9 Å². The van der Waals surface area contributed by atoms with E-state index in [2.05, 4.69) is 16.0 Å². The number of carbonyl (C=O) groups excluding carboxylic acids is 2. The monoisotopic (exact) mass is 290 g/mol. The first-order valence-electron chi connectivity index (χ1n) is 7.22. The predicted molar refractivity (Wildman–Crippen MR) is 83.1 cm³/mol. The molecule has 1 fully saturated rings. The molecule has 1 aliphatic rings. The molecule has 6 nitrogen and oxygen atoms in total. The van der Waals surface area contributed by atoms with E-state index in [0.717, 1.165) is 19.3 Å². The Morgan fingerprint density at radius 1 is 1.24 bits per heavy atom. The Morgan fingerprint density at radius 3 is 2.57 bits per heavy atom. The maximum absolute atomic E-state index is 12.0. The van der Waals surface area contributed by atoms with Gasteiger partial charge in [-0.05, 0) is 37.0 Å². The summed E-state index contributed by atoms with van der Waals surface area (Å²) in [6.07, 6.45) is 3.58. The molecule has 0 radical (unpaired) electrons. The van der Waals surface area contributed by atoms with E-state index in [1.807, 2.05) is 0 Å². The smallest absolute Gasteiger partial charge is 0.318 e. The Labute approximate surface area is 124 Å². The van der Waals surface area contributed by atoms with Crippen LogP contribution in [0.2, 0.25) is 0 Å². The van der Waals surface area contributed by atoms with Crippen molar-refractivity contribution in [1.82, 2.24) is 5.32 Å². The summed E-state index contributed by atoms with van der Waals surface area (Å²) < 4.78 is 0. The van der Waals surface area contributed by atoms with Crippen molar-refractivity contribution in [3.8, 4) is 0 Å². The molecule has 1 aromatic rings. The number of hydrogen-bond donors (Lipinski definition) is 4. The highest BCUT2D eigenvalue weighted by Crippen LogP contribution is 2.27. The standard InChI is InChI=1S/C15H22N4O2/c1-17-15(21)19-12-6-3-5-11(9-12)18-14(20)8-10-4-2-7-13(10)16/h3,5-6,9-10,13H,2,4,7-8,16H2,1H3,(H,18,20)(H2,17,19,21)/t10-,13+/m0/s1. The molecule has 3 amide bonds. The molecule has 0 aliphatic heterocycles. The molecule has 0 saturated heterocycles. The largest absolute Gasteiger partial charge is 0.341 e. The third kappa shape index (κ3) is 4.46. The summed E-state index contributed by atoms with van der Waals surface area (Å²) in [6.45, 7) is 0. The Hall–Kier alpha value is -2.08. The number of nitrogens with two attached hydrogens (primary N) is 1. The molecule has 114 valence electrons. The molecule has 1 aliphatic carbocycles. The van der Waals surface area contributed by atoms with Gasteiger partial charge in [-0.1, -0.05) is 12.5 Å². The first-order chi connectivity index (χ1) is 10.1. The van der Waals surface area contributed by atoms with E-state index >= 15 is 0 Å². The van der Waals surface area contributed by atoms with Crippen molar-refractivity contribution in [2.45, 2.75) is 31.7 Å². The Morgan fingerprint density at radius 2 is 1.95 bits per heavy atom. The topological polar surface area (TPSA) is 96.2 Å². The van der Waals surface area contributed by atoms with Crippen LogP contribution in [-0.4, -0.2) is 25.0 Å². The van der Waals surface area contributed by atoms with Crippen LogP contribution in [0.5, 0.6) is 0 Å². The zero-order valence-corrected chi connectivity index (χ0v) is 12.2. The highest BCUT2D eigenvalue weighted by molar-refractivity contribution is 5.93. The zero-order chi connectivity index (χ0) is 15.2. The number of hydrogen-bond acceptors (Lipinski definition) is 3. The van der Waals surface area contributed by atoms with E-state index in [1.165, 1.54) is 0 Å². The fraction of sp³-hybridized carbons (Fsp3) is 0.467. The fourth-order valence-corrected chi connectivity index (χ4v) is 2.64. The van der Waals surface area contributed by atoms with E-state index in [9.17, 15) is 9.59 Å². The molecule has 6 heteroatoms. The molecule has 2 rings (SSSR count). The number of benzene rings is 1. The SMILES string of the molecule is CNC(=O)Nc1cccc(NC(=O)C[C@@H]2CCC[C@H]2N)c1. The molecule has 1 aromatic carbocycles. The van der Waals surface area contributed by atoms with Crippen molar-refractivity contribution in [2.24, 2.45) is 11.7 Å². The van der Waals surface area contributed by atoms with Crippen LogP contribution in [0.25, 0.3) is 0 Å². The van der Waals surface area contributed by atoms with Crippen LogP contribution in [0.3, 0.4) is 0 Å². The summed E-state index contributed by atoms with van der Waals surface area (Å²) in [4.78, 5) is 23.3. The van der Waals surface area contributed by atoms with Crippen LogP contribution in [0.4, 0.5) is 16.2 Å². The van der Waals surface area contributed by atoms with Gasteiger partial charge in [-0.2, -0.15) is 0 Å². The van der Waals surface area contributed by atoms with Gasteiger partial charge in [-0.15, -0.1) is 0 Å². The van der Waals surface area contributed by atoms with Crippen molar-refractivity contribution in [3.63, 3.8) is 0 Å². The average molecular weight is 290 g/mol. The molecule has 0 heterocycles. The van der Waals surface area contributed by atoms with E-state index in [1.54, 1.807) is 31.3 Å². The highest BCUT2D eigenvalue weighted by atomic mass is 16.2. The molecular formula is C15H22N4O2. The summed E-state index contributed by atoms with van der Waals surface area (Å²) in [5.74, 6) is 0.242. The van der Waals surface area contributed by atoms with E-state index < -0.39 is 0 Å². The predicted octanol–water partition coefficient (Wildman–Crippen LogP) is 1.89. The zero-order valence-electron chi connectivity index (χ0n) is 12.2. The lowest BCUT2D eigenvalue weighted by Crippen LogP contribution is -2.28. The Kier molecular flexibility index (Phi) is 5.16. The maximum atomic E-state index is 12.0. The van der Waals surface area contributed by atoms with Crippen molar-refractivity contribution in [2.75, 3.05) is 17.7 Å². The minimum Gasteiger partial charge on any atom is -0.341 e. The number of urea groups is 1. The van der Waals surface area contributed by atoms with Crippen molar-refractivity contribution in [1.29, 1.82) is 0 Å². The molecule has 0 bridgehead atoms. The molecule has 0 spiro atoms. The van der Waals surface area contributed by atoms with Crippen LogP contribution in [0, 0.1) is 5.92 Å². The van der Waals surface area contributed by atoms with Gasteiger partial charge in [0.1, 0.15) is 0 Å². The minimum atomic E-state index is -0.296. The molecule has 5 N–H and O–H groups in total. The normalized spacial score (nSPS) is 20.9. The lowest BCUT2D eigenvalue weighted by Gasteiger charge is -2.15. The number of nitrogens with one attached hydrogen (secondary N) is 3. The van der Waals surface area contributed by atoms with Crippen LogP contribution in [-0.2, 0) is 4.79 Å². The fourth-order valence-electron chi connectivity index (χ4n) is 2.64. The van der Waals surface area contributed by atoms with Gasteiger partial charge in [-0.25, -0.2) is 4.79 Å². The first kappa shape index (κ1) is 15.3. The van der Waals surface area contributed by atoms with Crippen molar-refractivity contribution >= 4 is 23.3 Å². The molecular weight excluding hydrogens is 268 g/mol. The van der Waals surface area contributed by atoms with Gasteiger partial charge >= 0.3 is 6.03 Å². The summed E-state index contributed by atoms with van der Waals surface area (Å²) in [5, 5.41) is 7.99. The van der Waals surface area contributed by atoms with Gasteiger partial charge in [-0.3, -0.25) is 4.79 Å². The van der Waals surface area contributed by atoms with Crippen LogP contribution in [0.15, 0.2) is 24.3 Å².